The summed E-state index contributed by atoms with van der Waals surface area (Å²) in [5.74, 6) is 1.83. The van der Waals surface area contributed by atoms with Crippen LogP contribution in [0.3, 0.4) is 0 Å². The Labute approximate surface area is 101 Å². The minimum atomic E-state index is 0.782. The Kier molecular flexibility index (Phi) is 5.69. The van der Waals surface area contributed by atoms with Gasteiger partial charge in [0.05, 0.1) is 0 Å². The van der Waals surface area contributed by atoms with E-state index in [4.69, 9.17) is 0 Å². The molecule has 1 heterocycles. The molecule has 1 fully saturated rings. The molecule has 1 aliphatic rings. The molecule has 1 aliphatic heterocycles. The lowest BCUT2D eigenvalue weighted by atomic mass is 10.2. The van der Waals surface area contributed by atoms with E-state index in [2.05, 4.69) is 39.3 Å². The third-order valence-electron chi connectivity index (χ3n) is 2.48. The summed E-state index contributed by atoms with van der Waals surface area (Å²) in [7, 11) is 0. The number of allylic oxidation sites excluding steroid dienone is 2. The summed E-state index contributed by atoms with van der Waals surface area (Å²) in [4.78, 5) is 6.81. The van der Waals surface area contributed by atoms with E-state index in [0.717, 1.165) is 36.6 Å². The molecule has 0 N–H and O–H groups in total. The molecule has 0 aromatic rings. The lowest BCUT2D eigenvalue weighted by molar-refractivity contribution is 0.407. The van der Waals surface area contributed by atoms with Crippen LogP contribution in [0, 0.1) is 5.92 Å². The first-order valence-electron chi connectivity index (χ1n) is 5.44. The molecule has 1 rings (SSSR count). The number of likely N-dealkylation sites (tertiary alicyclic amines) is 1. The fraction of sp³-hybridized carbons (Fsp3) is 0.583. The van der Waals surface area contributed by atoms with Crippen LogP contribution < -0.4 is 0 Å². The van der Waals surface area contributed by atoms with Crippen LogP contribution in [0.15, 0.2) is 29.5 Å². The topological polar surface area (TPSA) is 15.6 Å². The van der Waals surface area contributed by atoms with Crippen molar-refractivity contribution in [3.05, 3.63) is 24.6 Å². The zero-order valence-electron chi connectivity index (χ0n) is 9.32. The molecule has 2 nitrogen and oxygen atoms in total. The van der Waals surface area contributed by atoms with E-state index in [0.29, 0.717) is 0 Å². The van der Waals surface area contributed by atoms with Gasteiger partial charge in [-0.05, 0) is 24.8 Å². The van der Waals surface area contributed by atoms with Gasteiger partial charge in [-0.25, -0.2) is 4.99 Å². The number of halogens is 1. The van der Waals surface area contributed by atoms with Crippen LogP contribution in [0.25, 0.3) is 0 Å². The van der Waals surface area contributed by atoms with Crippen molar-refractivity contribution in [2.45, 2.75) is 19.8 Å². The molecule has 1 atom stereocenters. The molecule has 0 radical (unpaired) electrons. The average Bonchev–Trinajstić information content (AvgIpc) is 2.64. The van der Waals surface area contributed by atoms with E-state index in [1.165, 1.54) is 6.42 Å². The summed E-state index contributed by atoms with van der Waals surface area (Å²) in [5.41, 5.74) is 0. The molecule has 0 aliphatic carbocycles. The maximum atomic E-state index is 4.48. The Morgan fingerprint density at radius 1 is 1.67 bits per heavy atom. The molecule has 0 amide bonds. The van der Waals surface area contributed by atoms with Crippen molar-refractivity contribution >= 4 is 22.1 Å². The highest BCUT2D eigenvalue weighted by Crippen LogP contribution is 2.20. The van der Waals surface area contributed by atoms with E-state index < -0.39 is 0 Å². The summed E-state index contributed by atoms with van der Waals surface area (Å²) in [6, 6.07) is 0. The van der Waals surface area contributed by atoms with E-state index in [9.17, 15) is 0 Å². The molecule has 84 valence electrons. The minimum absolute atomic E-state index is 0.782. The minimum Gasteiger partial charge on any atom is -0.356 e. The number of hydrogen-bond donors (Lipinski definition) is 0. The molecule has 1 unspecified atom stereocenters. The smallest absolute Gasteiger partial charge is 0.128 e. The molecule has 3 heteroatoms. The predicted octanol–water partition coefficient (Wildman–Crippen LogP) is 3.21. The summed E-state index contributed by atoms with van der Waals surface area (Å²) in [5, 5.41) is 0.967. The van der Waals surface area contributed by atoms with Crippen molar-refractivity contribution in [3.63, 3.8) is 0 Å². The fourth-order valence-electron chi connectivity index (χ4n) is 1.69. The molecular formula is C12H19BrN2. The first-order chi connectivity index (χ1) is 7.27. The monoisotopic (exact) mass is 270 g/mol. The van der Waals surface area contributed by atoms with Crippen molar-refractivity contribution in [1.82, 2.24) is 4.90 Å². The Balaban J connectivity index is 2.58. The van der Waals surface area contributed by atoms with Gasteiger partial charge in [-0.2, -0.15) is 0 Å². The number of hydrogen-bond acceptors (Lipinski definition) is 2. The van der Waals surface area contributed by atoms with Gasteiger partial charge in [0.2, 0.25) is 0 Å². The Hall–Kier alpha value is -0.570. The highest BCUT2D eigenvalue weighted by Gasteiger charge is 2.19. The fourth-order valence-corrected chi connectivity index (χ4v) is 1.89. The van der Waals surface area contributed by atoms with Crippen LogP contribution in [-0.2, 0) is 0 Å². The number of alkyl halides is 1. The third-order valence-corrected chi connectivity index (χ3v) is 2.93. The van der Waals surface area contributed by atoms with Gasteiger partial charge in [0.25, 0.3) is 0 Å². The van der Waals surface area contributed by atoms with Crippen molar-refractivity contribution < 1.29 is 0 Å². The van der Waals surface area contributed by atoms with Gasteiger partial charge in [0.15, 0.2) is 0 Å². The first kappa shape index (κ1) is 12.5. The molecule has 1 saturated heterocycles. The molecule has 0 aromatic carbocycles. The highest BCUT2D eigenvalue weighted by molar-refractivity contribution is 9.09. The Bertz CT molecular complexity index is 258. The SMILES string of the molecule is C=C/C=C(\N=CCCBr)N1CCC(C)C1. The van der Waals surface area contributed by atoms with Gasteiger partial charge in [0.1, 0.15) is 5.82 Å². The van der Waals surface area contributed by atoms with Gasteiger partial charge >= 0.3 is 0 Å². The standard InChI is InChI=1S/C12H19BrN2/c1-3-5-12(14-8-4-7-13)15-9-6-11(2)10-15/h3,5,8,11H,1,4,6-7,9-10H2,2H3/b12-5+,14-8?. The Morgan fingerprint density at radius 2 is 2.47 bits per heavy atom. The van der Waals surface area contributed by atoms with Gasteiger partial charge in [-0.15, -0.1) is 0 Å². The average molecular weight is 271 g/mol. The second-order valence-corrected chi connectivity index (χ2v) is 4.68. The molecule has 0 aromatic heterocycles. The predicted molar refractivity (Wildman–Crippen MR) is 70.5 cm³/mol. The molecule has 15 heavy (non-hydrogen) atoms. The van der Waals surface area contributed by atoms with Crippen molar-refractivity contribution in [2.75, 3.05) is 18.4 Å². The van der Waals surface area contributed by atoms with Crippen LogP contribution in [0.2, 0.25) is 0 Å². The lowest BCUT2D eigenvalue weighted by Crippen LogP contribution is -2.18. The number of rotatable bonds is 5. The van der Waals surface area contributed by atoms with Crippen molar-refractivity contribution in [1.29, 1.82) is 0 Å². The first-order valence-corrected chi connectivity index (χ1v) is 6.56. The van der Waals surface area contributed by atoms with Gasteiger partial charge in [-0.3, -0.25) is 0 Å². The number of nitrogens with zero attached hydrogens (tertiary/aromatic N) is 2. The summed E-state index contributed by atoms with van der Waals surface area (Å²) >= 11 is 3.39. The second-order valence-electron chi connectivity index (χ2n) is 3.89. The zero-order chi connectivity index (χ0) is 11.1. The molecule has 0 bridgehead atoms. The largest absolute Gasteiger partial charge is 0.356 e. The quantitative estimate of drug-likeness (QED) is 0.426. The van der Waals surface area contributed by atoms with E-state index in [1.54, 1.807) is 0 Å². The van der Waals surface area contributed by atoms with Crippen LogP contribution in [-0.4, -0.2) is 29.5 Å². The van der Waals surface area contributed by atoms with Gasteiger partial charge < -0.3 is 4.90 Å². The van der Waals surface area contributed by atoms with Crippen LogP contribution in [0.5, 0.6) is 0 Å². The molecule has 0 saturated carbocycles. The van der Waals surface area contributed by atoms with Gasteiger partial charge in [-0.1, -0.05) is 35.5 Å². The molecule has 0 spiro atoms. The van der Waals surface area contributed by atoms with Crippen LogP contribution >= 0.6 is 15.9 Å². The van der Waals surface area contributed by atoms with E-state index in [1.807, 2.05) is 18.4 Å². The summed E-state index contributed by atoms with van der Waals surface area (Å²) < 4.78 is 0. The summed E-state index contributed by atoms with van der Waals surface area (Å²) in [6.07, 6.45) is 8.00. The van der Waals surface area contributed by atoms with Crippen LogP contribution in [0.4, 0.5) is 0 Å². The zero-order valence-corrected chi connectivity index (χ0v) is 10.9. The van der Waals surface area contributed by atoms with Crippen molar-refractivity contribution in [2.24, 2.45) is 10.9 Å². The van der Waals surface area contributed by atoms with Crippen LogP contribution in [0.1, 0.15) is 19.8 Å². The van der Waals surface area contributed by atoms with E-state index in [-0.39, 0.29) is 0 Å². The normalized spacial score (nSPS) is 22.7. The maximum Gasteiger partial charge on any atom is 0.128 e. The molecular weight excluding hydrogens is 252 g/mol. The van der Waals surface area contributed by atoms with Gasteiger partial charge in [0, 0.05) is 24.6 Å². The maximum absolute atomic E-state index is 4.48. The van der Waals surface area contributed by atoms with Crippen molar-refractivity contribution in [3.8, 4) is 0 Å². The third kappa shape index (κ3) is 4.20. The Morgan fingerprint density at radius 3 is 3.00 bits per heavy atom. The number of aliphatic imine (C=N–C) groups is 1. The highest BCUT2D eigenvalue weighted by atomic mass is 79.9. The second kappa shape index (κ2) is 6.83. The summed E-state index contributed by atoms with van der Waals surface area (Å²) in [6.45, 7) is 8.25. The lowest BCUT2D eigenvalue weighted by Gasteiger charge is -2.17. The van der Waals surface area contributed by atoms with E-state index >= 15 is 0 Å².